The third-order valence-electron chi connectivity index (χ3n) is 7.39. The number of fused-ring (bicyclic) bond motifs is 2. The second kappa shape index (κ2) is 11.5. The highest BCUT2D eigenvalue weighted by Crippen LogP contribution is 2.53. The van der Waals surface area contributed by atoms with E-state index in [1.807, 2.05) is 0 Å². The predicted molar refractivity (Wildman–Crippen MR) is 148 cm³/mol. The first kappa shape index (κ1) is 30.7. The van der Waals surface area contributed by atoms with Crippen LogP contribution in [0.1, 0.15) is 19.6 Å². The van der Waals surface area contributed by atoms with Gasteiger partial charge in [-0.1, -0.05) is 6.92 Å². The number of anilines is 2. The summed E-state index contributed by atoms with van der Waals surface area (Å²) < 4.78 is 55.8. The normalized spacial score (nSPS) is 29.4. The number of rotatable bonds is 10. The average Bonchev–Trinajstić information content (AvgIpc) is 3.73. The third-order valence-corrected chi connectivity index (χ3v) is 8.91. The maximum Gasteiger partial charge on any atom is 0.474 e. The van der Waals surface area contributed by atoms with Gasteiger partial charge in [0.1, 0.15) is 30.3 Å². The van der Waals surface area contributed by atoms with E-state index < -0.39 is 71.0 Å². The molecular weight excluding hydrogens is 630 g/mol. The molecule has 21 nitrogen and oxygen atoms in total. The van der Waals surface area contributed by atoms with Gasteiger partial charge in [-0.2, -0.15) is 4.98 Å². The van der Waals surface area contributed by atoms with Gasteiger partial charge in [0.25, 0.3) is 5.56 Å². The number of imidazole rings is 2. The highest BCUT2D eigenvalue weighted by Gasteiger charge is 2.51. The van der Waals surface area contributed by atoms with Gasteiger partial charge in [0, 0.05) is 12.3 Å². The number of nitrogen functional groups attached to an aromatic ring is 2. The number of hydrogen-bond acceptors (Lipinski definition) is 16. The molecule has 0 bridgehead atoms. The number of ether oxygens (including phenoxy) is 2. The first-order chi connectivity index (χ1) is 20.9. The zero-order valence-electron chi connectivity index (χ0n) is 22.8. The van der Waals surface area contributed by atoms with Crippen molar-refractivity contribution in [1.82, 2.24) is 39.0 Å². The van der Waals surface area contributed by atoms with Crippen LogP contribution >= 0.6 is 16.1 Å². The second-order valence-corrected chi connectivity index (χ2v) is 12.4. The number of aliphatic hydroxyl groups excluding tert-OH is 1. The van der Waals surface area contributed by atoms with Crippen LogP contribution in [-0.4, -0.2) is 92.1 Å². The Bertz CT molecular complexity index is 1830. The van der Waals surface area contributed by atoms with Crippen molar-refractivity contribution < 1.29 is 47.1 Å². The van der Waals surface area contributed by atoms with E-state index in [1.165, 1.54) is 21.8 Å². The Morgan fingerprint density at radius 1 is 1.23 bits per heavy atom. The SMILES string of the molecule is C[C@@H]1[C@H](O[PH](=O)O)[C@@H](COP(=O)(O)O[C@@]2(n3cnc4c(=O)[nH]c(N)nc43)CO[C@H](CO)C2)O[C@H]1n1cnc2c(N)ncnc21. The van der Waals surface area contributed by atoms with Crippen LogP contribution in [0.5, 0.6) is 0 Å². The topological polar surface area (TPSA) is 300 Å². The van der Waals surface area contributed by atoms with Crippen LogP contribution in [0, 0.1) is 5.92 Å². The maximum absolute atomic E-state index is 13.4. The summed E-state index contributed by atoms with van der Waals surface area (Å²) in [5, 5.41) is 9.70. The standard InChI is InChI=1S/C21H28N10O11P2/c1-9-14(41-43(34)35)11(40-19(9)30-7-26-12-15(22)24-6-25-16(12)30)4-39-44(36,37)42-21(2-10(3-32)38-5-21)31-8-27-13-17(31)28-20(23)29-18(13)33/h6-11,14,19,32,43H,2-5H2,1H3,(H,34,35)(H,36,37)(H2,22,24,25)(H3,23,28,29,33)/t9-,10+,11-,14+,19-,21-/m1/s1. The first-order valence-electron chi connectivity index (χ1n) is 13.0. The van der Waals surface area contributed by atoms with Gasteiger partial charge < -0.3 is 40.4 Å². The van der Waals surface area contributed by atoms with Gasteiger partial charge in [0.15, 0.2) is 28.4 Å². The van der Waals surface area contributed by atoms with E-state index >= 15 is 0 Å². The number of aliphatic hydroxyl groups is 1. The summed E-state index contributed by atoms with van der Waals surface area (Å²) in [4.78, 5) is 55.5. The molecule has 2 aliphatic rings. The van der Waals surface area contributed by atoms with Crippen LogP contribution in [0.2, 0.25) is 0 Å². The number of nitrogens with two attached hydrogens (primary N) is 2. The maximum atomic E-state index is 13.4. The van der Waals surface area contributed by atoms with Gasteiger partial charge in [0.05, 0.1) is 38.6 Å². The van der Waals surface area contributed by atoms with Gasteiger partial charge in [-0.15, -0.1) is 0 Å². The summed E-state index contributed by atoms with van der Waals surface area (Å²) in [6.07, 6.45) is -0.247. The third kappa shape index (κ3) is 5.51. The molecule has 2 saturated heterocycles. The molecule has 8 N–H and O–H groups in total. The summed E-state index contributed by atoms with van der Waals surface area (Å²) >= 11 is 0. The molecule has 8 atom stereocenters. The van der Waals surface area contributed by atoms with Gasteiger partial charge in [0.2, 0.25) is 5.95 Å². The number of H-pyrrole nitrogens is 1. The van der Waals surface area contributed by atoms with Crippen molar-refractivity contribution in [2.45, 2.75) is 43.6 Å². The predicted octanol–water partition coefficient (Wildman–Crippen LogP) is -1.01. The van der Waals surface area contributed by atoms with Crippen LogP contribution in [0.3, 0.4) is 0 Å². The van der Waals surface area contributed by atoms with Crippen molar-refractivity contribution in [3.8, 4) is 0 Å². The zero-order chi connectivity index (χ0) is 31.4. The Balaban J connectivity index is 1.26. The van der Waals surface area contributed by atoms with E-state index in [0.29, 0.717) is 11.2 Å². The molecule has 4 aromatic rings. The molecule has 6 rings (SSSR count). The lowest BCUT2D eigenvalue weighted by molar-refractivity contribution is -0.0661. The molecule has 2 aliphatic heterocycles. The van der Waals surface area contributed by atoms with E-state index in [-0.39, 0.29) is 36.0 Å². The lowest BCUT2D eigenvalue weighted by Gasteiger charge is -2.31. The molecular formula is C21H28N10O11P2. The average molecular weight is 658 g/mol. The highest BCUT2D eigenvalue weighted by molar-refractivity contribution is 7.47. The lowest BCUT2D eigenvalue weighted by Crippen LogP contribution is -2.37. The smallest absolute Gasteiger partial charge is 0.394 e. The Hall–Kier alpha value is -3.36. The number of phosphoric ester groups is 1. The van der Waals surface area contributed by atoms with Gasteiger partial charge in [-0.3, -0.25) is 32.5 Å². The van der Waals surface area contributed by atoms with Crippen molar-refractivity contribution >= 4 is 50.2 Å². The van der Waals surface area contributed by atoms with Crippen LogP contribution < -0.4 is 17.0 Å². The lowest BCUT2D eigenvalue weighted by atomic mass is 10.0. The fourth-order valence-electron chi connectivity index (χ4n) is 5.44. The van der Waals surface area contributed by atoms with Crippen LogP contribution in [-0.2, 0) is 37.9 Å². The number of hydrogen-bond donors (Lipinski definition) is 6. The van der Waals surface area contributed by atoms with Crippen molar-refractivity contribution in [2.24, 2.45) is 5.92 Å². The number of nitrogens with zero attached hydrogens (tertiary/aromatic N) is 7. The van der Waals surface area contributed by atoms with E-state index in [9.17, 15) is 28.8 Å². The van der Waals surface area contributed by atoms with Crippen LogP contribution in [0.15, 0.2) is 23.8 Å². The first-order valence-corrected chi connectivity index (χ1v) is 15.8. The fourth-order valence-corrected chi connectivity index (χ4v) is 7.07. The molecule has 6 heterocycles. The minimum absolute atomic E-state index is 0.0669. The molecule has 0 aliphatic carbocycles. The molecule has 2 unspecified atom stereocenters. The molecule has 23 heteroatoms. The quantitative estimate of drug-likeness (QED) is 0.111. The molecule has 0 radical (unpaired) electrons. The van der Waals surface area contributed by atoms with E-state index in [2.05, 4.69) is 29.9 Å². The zero-order valence-corrected chi connectivity index (χ0v) is 24.7. The Morgan fingerprint density at radius 3 is 2.73 bits per heavy atom. The summed E-state index contributed by atoms with van der Waals surface area (Å²) in [6, 6.07) is 0. The molecule has 4 aromatic heterocycles. The summed E-state index contributed by atoms with van der Waals surface area (Å²) in [7, 11) is -8.51. The summed E-state index contributed by atoms with van der Waals surface area (Å²) in [6.45, 7) is 0.241. The Kier molecular flexibility index (Phi) is 8.03. The summed E-state index contributed by atoms with van der Waals surface area (Å²) in [5.74, 6) is -0.715. The van der Waals surface area contributed by atoms with Gasteiger partial charge in [-0.05, 0) is 0 Å². The van der Waals surface area contributed by atoms with Crippen LogP contribution in [0.4, 0.5) is 11.8 Å². The molecule has 0 spiro atoms. The highest BCUT2D eigenvalue weighted by atomic mass is 31.2. The van der Waals surface area contributed by atoms with Crippen molar-refractivity contribution in [3.05, 3.63) is 29.3 Å². The number of nitrogens with one attached hydrogen (secondary N) is 1. The van der Waals surface area contributed by atoms with Gasteiger partial charge >= 0.3 is 16.1 Å². The second-order valence-electron chi connectivity index (χ2n) is 10.2. The number of phosphoric acid groups is 1. The molecule has 0 aromatic carbocycles. The molecule has 0 saturated carbocycles. The number of aromatic nitrogens is 8. The molecule has 0 amide bonds. The van der Waals surface area contributed by atoms with E-state index in [0.717, 1.165) is 6.33 Å². The molecule has 2 fully saturated rings. The van der Waals surface area contributed by atoms with Crippen LogP contribution in [0.25, 0.3) is 22.3 Å². The largest absolute Gasteiger partial charge is 0.474 e. The van der Waals surface area contributed by atoms with Gasteiger partial charge in [-0.25, -0.2) is 24.5 Å². The van der Waals surface area contributed by atoms with Crippen molar-refractivity contribution in [1.29, 1.82) is 0 Å². The van der Waals surface area contributed by atoms with Crippen molar-refractivity contribution in [2.75, 3.05) is 31.3 Å². The molecule has 238 valence electrons. The molecule has 44 heavy (non-hydrogen) atoms. The van der Waals surface area contributed by atoms with E-state index in [1.54, 1.807) is 6.92 Å². The minimum Gasteiger partial charge on any atom is -0.394 e. The minimum atomic E-state index is -5.02. The monoisotopic (exact) mass is 658 g/mol. The summed E-state index contributed by atoms with van der Waals surface area (Å²) in [5.41, 5.74) is 9.56. The fraction of sp³-hybridized carbons (Fsp3) is 0.524. The number of aromatic amines is 1. The van der Waals surface area contributed by atoms with E-state index in [4.69, 9.17) is 34.5 Å². The van der Waals surface area contributed by atoms with Crippen molar-refractivity contribution in [3.63, 3.8) is 0 Å². The Morgan fingerprint density at radius 2 is 2.00 bits per heavy atom. The Labute approximate surface area is 246 Å².